The molecule has 0 spiro atoms. The van der Waals surface area contributed by atoms with Gasteiger partial charge in [-0.05, 0) is 38.2 Å². The minimum atomic E-state index is 0.720. The molecule has 2 aromatic heterocycles. The lowest BCUT2D eigenvalue weighted by atomic mass is 10.3. The molecule has 90 valence electrons. The lowest BCUT2D eigenvalue weighted by Gasteiger charge is -2.14. The maximum absolute atomic E-state index is 5.91. The maximum Gasteiger partial charge on any atom is 0.118 e. The van der Waals surface area contributed by atoms with Crippen LogP contribution in [0.4, 0.5) is 0 Å². The van der Waals surface area contributed by atoms with E-state index in [1.807, 2.05) is 32.2 Å². The summed E-state index contributed by atoms with van der Waals surface area (Å²) in [7, 11) is 2.03. The Balaban J connectivity index is 1.95. The molecule has 2 aromatic rings. The Morgan fingerprint density at radius 3 is 2.76 bits per heavy atom. The summed E-state index contributed by atoms with van der Waals surface area (Å²) in [5.41, 5.74) is 0.961. The maximum atomic E-state index is 5.91. The topological polar surface area (TPSA) is 29.3 Å². The summed E-state index contributed by atoms with van der Waals surface area (Å²) in [6, 6.07) is 7.63. The zero-order valence-electron chi connectivity index (χ0n) is 9.98. The van der Waals surface area contributed by atoms with Crippen molar-refractivity contribution in [3.05, 3.63) is 52.7 Å². The molecule has 0 aliphatic carbocycles. The molecule has 2 heterocycles. The molecule has 0 unspecified atom stereocenters. The smallest absolute Gasteiger partial charge is 0.118 e. The van der Waals surface area contributed by atoms with Gasteiger partial charge in [-0.1, -0.05) is 11.6 Å². The van der Waals surface area contributed by atoms with Crippen LogP contribution in [0.2, 0.25) is 5.02 Å². The summed E-state index contributed by atoms with van der Waals surface area (Å²) in [5.74, 6) is 1.90. The van der Waals surface area contributed by atoms with Crippen LogP contribution in [-0.2, 0) is 13.1 Å². The van der Waals surface area contributed by atoms with Gasteiger partial charge in [0.2, 0.25) is 0 Å². The molecule has 0 radical (unpaired) electrons. The number of nitrogens with zero attached hydrogens (tertiary/aromatic N) is 2. The van der Waals surface area contributed by atoms with Crippen molar-refractivity contribution in [1.82, 2.24) is 9.88 Å². The highest BCUT2D eigenvalue weighted by atomic mass is 35.5. The number of furan rings is 1. The Hall–Kier alpha value is -1.32. The van der Waals surface area contributed by atoms with Crippen LogP contribution in [0.5, 0.6) is 0 Å². The summed E-state index contributed by atoms with van der Waals surface area (Å²) in [5, 5.41) is 0.720. The van der Waals surface area contributed by atoms with Gasteiger partial charge in [0.1, 0.15) is 11.5 Å². The largest absolute Gasteiger partial charge is 0.465 e. The van der Waals surface area contributed by atoms with Crippen LogP contribution in [-0.4, -0.2) is 16.9 Å². The Morgan fingerprint density at radius 1 is 1.29 bits per heavy atom. The van der Waals surface area contributed by atoms with Gasteiger partial charge in [0.25, 0.3) is 0 Å². The lowest BCUT2D eigenvalue weighted by molar-refractivity contribution is 0.282. The van der Waals surface area contributed by atoms with E-state index in [-0.39, 0.29) is 0 Å². The molecule has 4 heteroatoms. The molecule has 0 amide bonds. The van der Waals surface area contributed by atoms with E-state index in [0.717, 1.165) is 35.3 Å². The van der Waals surface area contributed by atoms with E-state index < -0.39 is 0 Å². The minimum absolute atomic E-state index is 0.720. The van der Waals surface area contributed by atoms with E-state index in [1.165, 1.54) is 0 Å². The number of aromatic nitrogens is 1. The van der Waals surface area contributed by atoms with Crippen molar-refractivity contribution in [2.75, 3.05) is 7.05 Å². The van der Waals surface area contributed by atoms with Gasteiger partial charge in [0.15, 0.2) is 0 Å². The number of hydrogen-bond donors (Lipinski definition) is 0. The summed E-state index contributed by atoms with van der Waals surface area (Å²) < 4.78 is 5.53. The van der Waals surface area contributed by atoms with Gasteiger partial charge in [0.05, 0.1) is 12.2 Å². The first-order valence-corrected chi connectivity index (χ1v) is 5.85. The summed E-state index contributed by atoms with van der Waals surface area (Å²) >= 11 is 5.91. The van der Waals surface area contributed by atoms with Gasteiger partial charge in [-0.2, -0.15) is 0 Å². The molecule has 0 fully saturated rings. The highest BCUT2D eigenvalue weighted by molar-refractivity contribution is 6.30. The third-order valence-corrected chi connectivity index (χ3v) is 2.67. The standard InChI is InChI=1S/C13H15ClN2O/c1-10-3-4-13(17-10)9-16(2)8-12-7-11(14)5-6-15-12/h3-7H,8-9H2,1-2H3. The number of pyridine rings is 1. The van der Waals surface area contributed by atoms with Crippen molar-refractivity contribution in [2.45, 2.75) is 20.0 Å². The molecule has 0 aromatic carbocycles. The van der Waals surface area contributed by atoms with Crippen molar-refractivity contribution in [3.8, 4) is 0 Å². The molecule has 0 atom stereocenters. The number of rotatable bonds is 4. The monoisotopic (exact) mass is 250 g/mol. The fourth-order valence-corrected chi connectivity index (χ4v) is 1.89. The van der Waals surface area contributed by atoms with Crippen molar-refractivity contribution in [1.29, 1.82) is 0 Å². The summed E-state index contributed by atoms with van der Waals surface area (Å²) in [6.07, 6.45) is 1.72. The molecule has 0 aliphatic heterocycles. The van der Waals surface area contributed by atoms with Crippen molar-refractivity contribution in [2.24, 2.45) is 0 Å². The first-order chi connectivity index (χ1) is 8.13. The molecule has 0 bridgehead atoms. The molecule has 17 heavy (non-hydrogen) atoms. The highest BCUT2D eigenvalue weighted by Crippen LogP contribution is 2.12. The van der Waals surface area contributed by atoms with Gasteiger partial charge in [-0.15, -0.1) is 0 Å². The third kappa shape index (κ3) is 3.58. The van der Waals surface area contributed by atoms with Crippen LogP contribution in [0, 0.1) is 6.92 Å². The quantitative estimate of drug-likeness (QED) is 0.834. The second-order valence-electron chi connectivity index (χ2n) is 4.15. The molecule has 0 aliphatic rings. The molecule has 0 saturated heterocycles. The Morgan fingerprint density at radius 2 is 2.12 bits per heavy atom. The predicted octanol–water partition coefficient (Wildman–Crippen LogP) is 3.27. The fraction of sp³-hybridized carbons (Fsp3) is 0.308. The molecule has 2 rings (SSSR count). The zero-order valence-corrected chi connectivity index (χ0v) is 10.7. The van der Waals surface area contributed by atoms with Gasteiger partial charge in [-0.3, -0.25) is 9.88 Å². The van der Waals surface area contributed by atoms with Crippen LogP contribution >= 0.6 is 11.6 Å². The average Bonchev–Trinajstić information content (AvgIpc) is 2.63. The van der Waals surface area contributed by atoms with E-state index in [0.29, 0.717) is 0 Å². The molecular formula is C13H15ClN2O. The number of halogens is 1. The Labute approximate surface area is 106 Å². The lowest BCUT2D eigenvalue weighted by Crippen LogP contribution is -2.17. The molecular weight excluding hydrogens is 236 g/mol. The first kappa shape index (κ1) is 12.1. The van der Waals surface area contributed by atoms with Crippen LogP contribution in [0.25, 0.3) is 0 Å². The van der Waals surface area contributed by atoms with E-state index in [1.54, 1.807) is 12.3 Å². The fourth-order valence-electron chi connectivity index (χ4n) is 1.70. The second-order valence-corrected chi connectivity index (χ2v) is 4.59. The van der Waals surface area contributed by atoms with Crippen molar-refractivity contribution >= 4 is 11.6 Å². The predicted molar refractivity (Wildman–Crippen MR) is 67.9 cm³/mol. The van der Waals surface area contributed by atoms with Crippen LogP contribution in [0.15, 0.2) is 34.9 Å². The minimum Gasteiger partial charge on any atom is -0.465 e. The van der Waals surface area contributed by atoms with Crippen LogP contribution < -0.4 is 0 Å². The Kier molecular flexibility index (Phi) is 3.82. The van der Waals surface area contributed by atoms with Crippen molar-refractivity contribution in [3.63, 3.8) is 0 Å². The van der Waals surface area contributed by atoms with E-state index in [4.69, 9.17) is 16.0 Å². The first-order valence-electron chi connectivity index (χ1n) is 5.48. The second kappa shape index (κ2) is 5.34. The van der Waals surface area contributed by atoms with Gasteiger partial charge >= 0.3 is 0 Å². The Bertz CT molecular complexity index is 496. The molecule has 3 nitrogen and oxygen atoms in total. The molecule has 0 saturated carbocycles. The van der Waals surface area contributed by atoms with Crippen molar-refractivity contribution < 1.29 is 4.42 Å². The SMILES string of the molecule is Cc1ccc(CN(C)Cc2cc(Cl)ccn2)o1. The summed E-state index contributed by atoms with van der Waals surface area (Å²) in [4.78, 5) is 6.41. The van der Waals surface area contributed by atoms with E-state index >= 15 is 0 Å². The van der Waals surface area contributed by atoms with Gasteiger partial charge < -0.3 is 4.42 Å². The van der Waals surface area contributed by atoms with Gasteiger partial charge in [-0.25, -0.2) is 0 Å². The number of hydrogen-bond acceptors (Lipinski definition) is 3. The highest BCUT2D eigenvalue weighted by Gasteiger charge is 2.05. The number of aryl methyl sites for hydroxylation is 1. The summed E-state index contributed by atoms with van der Waals surface area (Å²) in [6.45, 7) is 3.46. The zero-order chi connectivity index (χ0) is 12.3. The van der Waals surface area contributed by atoms with Gasteiger partial charge in [0, 0.05) is 17.8 Å². The van der Waals surface area contributed by atoms with E-state index in [2.05, 4.69) is 9.88 Å². The van der Waals surface area contributed by atoms with Crippen LogP contribution in [0.3, 0.4) is 0 Å². The normalized spacial score (nSPS) is 11.1. The average molecular weight is 251 g/mol. The van der Waals surface area contributed by atoms with Crippen LogP contribution in [0.1, 0.15) is 17.2 Å². The molecule has 0 N–H and O–H groups in total. The third-order valence-electron chi connectivity index (χ3n) is 2.43. The van der Waals surface area contributed by atoms with E-state index in [9.17, 15) is 0 Å².